The first kappa shape index (κ1) is 22.4. The highest BCUT2D eigenvalue weighted by Crippen LogP contribution is 2.30. The summed E-state index contributed by atoms with van der Waals surface area (Å²) >= 11 is 0. The van der Waals surface area contributed by atoms with Gasteiger partial charge in [0.1, 0.15) is 11.5 Å². The number of carbonyl (C=O) groups excluding carboxylic acids is 1. The molecule has 10 heteroatoms. The zero-order valence-electron chi connectivity index (χ0n) is 19.5. The molecule has 4 heterocycles. The molecule has 174 valence electrons. The molecule has 2 fully saturated rings. The fourth-order valence-corrected chi connectivity index (χ4v) is 4.90. The lowest BCUT2D eigenvalue weighted by atomic mass is 9.96. The van der Waals surface area contributed by atoms with E-state index in [9.17, 15) is 4.79 Å². The van der Waals surface area contributed by atoms with E-state index in [0.29, 0.717) is 42.3 Å². The predicted octanol–water partition coefficient (Wildman–Crippen LogP) is 2.18. The first-order valence-electron chi connectivity index (χ1n) is 11.7. The van der Waals surface area contributed by atoms with Gasteiger partial charge in [0.2, 0.25) is 6.41 Å². The van der Waals surface area contributed by atoms with Gasteiger partial charge >= 0.3 is 6.01 Å². The van der Waals surface area contributed by atoms with Crippen LogP contribution in [0.2, 0.25) is 0 Å². The molecule has 0 aliphatic carbocycles. The van der Waals surface area contributed by atoms with Crippen LogP contribution in [-0.4, -0.2) is 87.2 Å². The molecule has 2 aromatic heterocycles. The van der Waals surface area contributed by atoms with Gasteiger partial charge in [-0.05, 0) is 40.0 Å². The van der Waals surface area contributed by atoms with Crippen LogP contribution in [0, 0.1) is 6.92 Å². The number of amides is 1. The topological polar surface area (TPSA) is 104 Å². The predicted molar refractivity (Wildman–Crippen MR) is 122 cm³/mol. The zero-order valence-corrected chi connectivity index (χ0v) is 19.5. The van der Waals surface area contributed by atoms with E-state index in [2.05, 4.69) is 39.2 Å². The number of nitrogens with zero attached hydrogens (tertiary/aromatic N) is 7. The van der Waals surface area contributed by atoms with Crippen molar-refractivity contribution in [1.82, 2.24) is 30.0 Å². The first-order valence-corrected chi connectivity index (χ1v) is 11.7. The SMILES string of the molecule is CCNc1nnc(-c2cnc(N3CC(CC)N(C4CCN(C=O)CC4)CC3C)c(C)n2)o1. The summed E-state index contributed by atoms with van der Waals surface area (Å²) in [5.74, 6) is 1.29. The van der Waals surface area contributed by atoms with Crippen LogP contribution in [0.15, 0.2) is 10.6 Å². The van der Waals surface area contributed by atoms with Gasteiger partial charge < -0.3 is 19.5 Å². The summed E-state index contributed by atoms with van der Waals surface area (Å²) in [5, 5.41) is 11.1. The number of aryl methyl sites for hydroxylation is 1. The molecule has 4 rings (SSSR count). The number of hydrogen-bond donors (Lipinski definition) is 1. The monoisotopic (exact) mass is 442 g/mol. The second kappa shape index (κ2) is 9.81. The van der Waals surface area contributed by atoms with Crippen molar-refractivity contribution in [3.63, 3.8) is 0 Å². The van der Waals surface area contributed by atoms with Gasteiger partial charge in [0.15, 0.2) is 0 Å². The van der Waals surface area contributed by atoms with Gasteiger partial charge in [0, 0.05) is 50.8 Å². The minimum Gasteiger partial charge on any atom is -0.402 e. The molecular formula is C22H34N8O2. The van der Waals surface area contributed by atoms with Gasteiger partial charge in [-0.3, -0.25) is 9.69 Å². The van der Waals surface area contributed by atoms with Crippen LogP contribution in [0.25, 0.3) is 11.6 Å². The maximum Gasteiger partial charge on any atom is 0.315 e. The largest absolute Gasteiger partial charge is 0.402 e. The molecule has 2 atom stereocenters. The van der Waals surface area contributed by atoms with Crippen LogP contribution in [-0.2, 0) is 4.79 Å². The average molecular weight is 443 g/mol. The highest BCUT2D eigenvalue weighted by molar-refractivity contribution is 5.53. The van der Waals surface area contributed by atoms with E-state index in [1.807, 2.05) is 18.7 Å². The van der Waals surface area contributed by atoms with Crippen LogP contribution < -0.4 is 10.2 Å². The second-order valence-corrected chi connectivity index (χ2v) is 8.74. The molecule has 0 radical (unpaired) electrons. The summed E-state index contributed by atoms with van der Waals surface area (Å²) in [6.07, 6.45) is 5.88. The maximum absolute atomic E-state index is 11.1. The van der Waals surface area contributed by atoms with Crippen molar-refractivity contribution in [2.75, 3.05) is 42.9 Å². The van der Waals surface area contributed by atoms with Gasteiger partial charge in [-0.15, -0.1) is 5.10 Å². The fourth-order valence-electron chi connectivity index (χ4n) is 4.90. The summed E-state index contributed by atoms with van der Waals surface area (Å²) in [7, 11) is 0. The van der Waals surface area contributed by atoms with E-state index in [1.54, 1.807) is 6.20 Å². The lowest BCUT2D eigenvalue weighted by molar-refractivity contribution is -0.119. The molecule has 0 spiro atoms. The number of anilines is 2. The minimum absolute atomic E-state index is 0.324. The van der Waals surface area contributed by atoms with Crippen molar-refractivity contribution < 1.29 is 9.21 Å². The van der Waals surface area contributed by atoms with E-state index in [-0.39, 0.29) is 0 Å². The Kier molecular flexibility index (Phi) is 6.88. The Morgan fingerprint density at radius 3 is 2.66 bits per heavy atom. The van der Waals surface area contributed by atoms with E-state index in [0.717, 1.165) is 63.4 Å². The molecule has 1 amide bonds. The second-order valence-electron chi connectivity index (χ2n) is 8.74. The Bertz CT molecular complexity index is 911. The third-order valence-electron chi connectivity index (χ3n) is 6.64. The van der Waals surface area contributed by atoms with Gasteiger partial charge in [-0.2, -0.15) is 0 Å². The summed E-state index contributed by atoms with van der Waals surface area (Å²) in [4.78, 5) is 27.5. The van der Waals surface area contributed by atoms with Crippen LogP contribution in [0.5, 0.6) is 0 Å². The molecule has 0 saturated carbocycles. The highest BCUT2D eigenvalue weighted by atomic mass is 16.4. The van der Waals surface area contributed by atoms with E-state index >= 15 is 0 Å². The molecule has 2 unspecified atom stereocenters. The van der Waals surface area contributed by atoms with E-state index in [1.165, 1.54) is 0 Å². The Hall–Kier alpha value is -2.75. The highest BCUT2D eigenvalue weighted by Gasteiger charge is 2.37. The summed E-state index contributed by atoms with van der Waals surface area (Å²) in [5.41, 5.74) is 1.45. The van der Waals surface area contributed by atoms with Gasteiger partial charge in [0.05, 0.1) is 11.9 Å². The number of piperazine rings is 1. The van der Waals surface area contributed by atoms with Crippen LogP contribution in [0.1, 0.15) is 45.7 Å². The first-order chi connectivity index (χ1) is 15.5. The van der Waals surface area contributed by atoms with Gasteiger partial charge in [0.25, 0.3) is 5.89 Å². The number of likely N-dealkylation sites (tertiary alicyclic amines) is 1. The minimum atomic E-state index is 0.324. The van der Waals surface area contributed by atoms with Crippen molar-refractivity contribution in [2.24, 2.45) is 0 Å². The van der Waals surface area contributed by atoms with Crippen molar-refractivity contribution in [3.05, 3.63) is 11.9 Å². The number of aromatic nitrogens is 4. The Morgan fingerprint density at radius 1 is 1.22 bits per heavy atom. The zero-order chi connectivity index (χ0) is 22.7. The Morgan fingerprint density at radius 2 is 2.00 bits per heavy atom. The molecule has 2 saturated heterocycles. The third kappa shape index (κ3) is 4.55. The number of piperidine rings is 1. The molecule has 2 aromatic rings. The Balaban J connectivity index is 1.48. The standard InChI is InChI=1S/C22H34N8O2/c1-5-17-13-29(15(3)12-30(17)18-7-9-28(14-31)10-8-18)20-16(4)25-19(11-24-20)21-26-27-22(32-21)23-6-2/h11,14-15,17-18H,5-10,12-13H2,1-4H3,(H,23,27). The quantitative estimate of drug-likeness (QED) is 0.646. The number of rotatable bonds is 7. The van der Waals surface area contributed by atoms with Crippen LogP contribution in [0.3, 0.4) is 0 Å². The van der Waals surface area contributed by atoms with E-state index in [4.69, 9.17) is 14.4 Å². The molecule has 0 bridgehead atoms. The van der Waals surface area contributed by atoms with Crippen molar-refractivity contribution in [1.29, 1.82) is 0 Å². The third-order valence-corrected chi connectivity index (χ3v) is 6.64. The van der Waals surface area contributed by atoms with Gasteiger partial charge in [-0.25, -0.2) is 9.97 Å². The molecule has 2 aliphatic rings. The number of nitrogens with one attached hydrogen (secondary N) is 1. The molecule has 32 heavy (non-hydrogen) atoms. The molecule has 10 nitrogen and oxygen atoms in total. The fraction of sp³-hybridized carbons (Fsp3) is 0.682. The number of hydrogen-bond acceptors (Lipinski definition) is 9. The number of carbonyl (C=O) groups is 1. The van der Waals surface area contributed by atoms with Gasteiger partial charge in [-0.1, -0.05) is 12.0 Å². The molecule has 2 aliphatic heterocycles. The molecule has 0 aromatic carbocycles. The lowest BCUT2D eigenvalue weighted by Crippen LogP contribution is -2.61. The lowest BCUT2D eigenvalue weighted by Gasteiger charge is -2.50. The average Bonchev–Trinajstić information content (AvgIpc) is 3.28. The van der Waals surface area contributed by atoms with E-state index < -0.39 is 0 Å². The summed E-state index contributed by atoms with van der Waals surface area (Å²) in [6.45, 7) is 12.8. The Labute approximate surface area is 189 Å². The van der Waals surface area contributed by atoms with Crippen LogP contribution >= 0.6 is 0 Å². The summed E-state index contributed by atoms with van der Waals surface area (Å²) in [6, 6.07) is 1.71. The molecular weight excluding hydrogens is 408 g/mol. The van der Waals surface area contributed by atoms with Crippen molar-refractivity contribution in [3.8, 4) is 11.6 Å². The normalized spacial score (nSPS) is 22.9. The molecule has 1 N–H and O–H groups in total. The van der Waals surface area contributed by atoms with Crippen LogP contribution in [0.4, 0.5) is 11.8 Å². The van der Waals surface area contributed by atoms with Crippen molar-refractivity contribution >= 4 is 18.2 Å². The van der Waals surface area contributed by atoms with Crippen molar-refractivity contribution in [2.45, 2.75) is 65.1 Å². The smallest absolute Gasteiger partial charge is 0.315 e. The maximum atomic E-state index is 11.1. The summed E-state index contributed by atoms with van der Waals surface area (Å²) < 4.78 is 5.62.